The molecule has 0 saturated heterocycles. The smallest absolute Gasteiger partial charge is 0.326 e. The van der Waals surface area contributed by atoms with E-state index in [1.807, 2.05) is 6.07 Å². The first-order valence-electron chi connectivity index (χ1n) is 9.47. The molecule has 4 rings (SSSR count). The van der Waals surface area contributed by atoms with Crippen LogP contribution in [0.1, 0.15) is 15.9 Å². The summed E-state index contributed by atoms with van der Waals surface area (Å²) in [4.78, 5) is 24.6. The first-order valence-corrected chi connectivity index (χ1v) is 9.85. The molecule has 0 unspecified atom stereocenters. The normalized spacial score (nSPS) is 11.9. The van der Waals surface area contributed by atoms with E-state index in [2.05, 4.69) is 5.32 Å². The first-order chi connectivity index (χ1) is 14.9. The molecule has 0 fully saturated rings. The molecular weight excluding hydrogens is 421 g/mol. The molecule has 0 aliphatic carbocycles. The Labute approximate surface area is 182 Å². The molecule has 0 saturated carbocycles. The van der Waals surface area contributed by atoms with Gasteiger partial charge in [-0.2, -0.15) is 0 Å². The second kappa shape index (κ2) is 8.62. The fourth-order valence-electron chi connectivity index (χ4n) is 3.33. The lowest BCUT2D eigenvalue weighted by Gasteiger charge is -2.15. The second-order valence-corrected chi connectivity index (χ2v) is 7.48. The van der Waals surface area contributed by atoms with Gasteiger partial charge in [-0.05, 0) is 48.0 Å². The standard InChI is InChI=1S/C24H17ClFNO4/c25-17-8-6-15(7-9-17)21-12-16-11-18(26)13-19(22(16)31-21)23(28)27-20(24(29)30)10-14-4-2-1-3-5-14/h1-9,11-13,20H,10H2,(H,27,28)(H,29,30)/t20-/m1/s1. The summed E-state index contributed by atoms with van der Waals surface area (Å²) >= 11 is 5.92. The van der Waals surface area contributed by atoms with Crippen molar-refractivity contribution in [3.05, 3.63) is 94.8 Å². The summed E-state index contributed by atoms with van der Waals surface area (Å²) in [5.41, 5.74) is 1.56. The lowest BCUT2D eigenvalue weighted by atomic mass is 10.0. The lowest BCUT2D eigenvalue weighted by Crippen LogP contribution is -2.42. The summed E-state index contributed by atoms with van der Waals surface area (Å²) in [6.07, 6.45) is 0.0918. The van der Waals surface area contributed by atoms with Gasteiger partial charge in [-0.3, -0.25) is 4.79 Å². The molecule has 0 aliphatic heterocycles. The van der Waals surface area contributed by atoms with Crippen molar-refractivity contribution >= 4 is 34.4 Å². The molecule has 1 heterocycles. The van der Waals surface area contributed by atoms with Crippen LogP contribution in [-0.2, 0) is 11.2 Å². The van der Waals surface area contributed by atoms with Crippen molar-refractivity contribution in [2.24, 2.45) is 0 Å². The van der Waals surface area contributed by atoms with Crippen molar-refractivity contribution < 1.29 is 23.5 Å². The van der Waals surface area contributed by atoms with Crippen molar-refractivity contribution in [1.82, 2.24) is 5.32 Å². The fraction of sp³-hybridized carbons (Fsp3) is 0.0833. The Balaban J connectivity index is 1.66. The molecule has 5 nitrogen and oxygen atoms in total. The van der Waals surface area contributed by atoms with Crippen molar-refractivity contribution in [3.8, 4) is 11.3 Å². The second-order valence-electron chi connectivity index (χ2n) is 7.04. The van der Waals surface area contributed by atoms with Crippen molar-refractivity contribution in [2.45, 2.75) is 12.5 Å². The Morgan fingerprint density at radius 2 is 1.74 bits per heavy atom. The van der Waals surface area contributed by atoms with E-state index >= 15 is 0 Å². The SMILES string of the molecule is O=C(N[C@H](Cc1ccccc1)C(=O)O)c1cc(F)cc2cc(-c3ccc(Cl)cc3)oc12. The van der Waals surface area contributed by atoms with Gasteiger partial charge in [-0.1, -0.05) is 41.9 Å². The Hall–Kier alpha value is -3.64. The molecule has 4 aromatic rings. The number of carboxylic acid groups (broad SMARTS) is 1. The van der Waals surface area contributed by atoms with Crippen LogP contribution in [0.25, 0.3) is 22.3 Å². The zero-order valence-electron chi connectivity index (χ0n) is 16.1. The number of fused-ring (bicyclic) bond motifs is 1. The number of rotatable bonds is 6. The Morgan fingerprint density at radius 1 is 1.03 bits per heavy atom. The summed E-state index contributed by atoms with van der Waals surface area (Å²) < 4.78 is 20.1. The maximum absolute atomic E-state index is 14.2. The van der Waals surface area contributed by atoms with Gasteiger partial charge in [0.25, 0.3) is 5.91 Å². The highest BCUT2D eigenvalue weighted by Crippen LogP contribution is 2.31. The molecule has 0 radical (unpaired) electrons. The number of carbonyl (C=O) groups is 2. The minimum atomic E-state index is -1.19. The Kier molecular flexibility index (Phi) is 5.73. The number of nitrogens with one attached hydrogen (secondary N) is 1. The highest BCUT2D eigenvalue weighted by atomic mass is 35.5. The van der Waals surface area contributed by atoms with Crippen molar-refractivity contribution in [2.75, 3.05) is 0 Å². The molecule has 0 aliphatic rings. The predicted octanol–water partition coefficient (Wildman–Crippen LogP) is 5.32. The van der Waals surface area contributed by atoms with E-state index in [0.29, 0.717) is 21.7 Å². The minimum Gasteiger partial charge on any atom is -0.480 e. The van der Waals surface area contributed by atoms with E-state index in [4.69, 9.17) is 16.0 Å². The maximum atomic E-state index is 14.2. The van der Waals surface area contributed by atoms with Crippen LogP contribution >= 0.6 is 11.6 Å². The molecule has 1 aromatic heterocycles. The molecule has 31 heavy (non-hydrogen) atoms. The third-order valence-electron chi connectivity index (χ3n) is 4.84. The highest BCUT2D eigenvalue weighted by molar-refractivity contribution is 6.30. The predicted molar refractivity (Wildman–Crippen MR) is 116 cm³/mol. The fourth-order valence-corrected chi connectivity index (χ4v) is 3.45. The molecule has 156 valence electrons. The van der Waals surface area contributed by atoms with Crippen LogP contribution in [-0.4, -0.2) is 23.0 Å². The first kappa shape index (κ1) is 20.6. The maximum Gasteiger partial charge on any atom is 0.326 e. The number of hydrogen-bond acceptors (Lipinski definition) is 3. The zero-order chi connectivity index (χ0) is 22.0. The summed E-state index contributed by atoms with van der Waals surface area (Å²) in [5.74, 6) is -2.11. The third-order valence-corrected chi connectivity index (χ3v) is 5.09. The van der Waals surface area contributed by atoms with Gasteiger partial charge in [0.05, 0.1) is 5.56 Å². The lowest BCUT2D eigenvalue weighted by molar-refractivity contribution is -0.139. The van der Waals surface area contributed by atoms with Crippen LogP contribution in [0.2, 0.25) is 5.02 Å². The van der Waals surface area contributed by atoms with E-state index in [1.54, 1.807) is 54.6 Å². The van der Waals surface area contributed by atoms with Gasteiger partial charge in [0.1, 0.15) is 23.2 Å². The van der Waals surface area contributed by atoms with Gasteiger partial charge in [-0.15, -0.1) is 0 Å². The number of furan rings is 1. The van der Waals surface area contributed by atoms with E-state index in [0.717, 1.165) is 11.6 Å². The third kappa shape index (κ3) is 4.59. The summed E-state index contributed by atoms with van der Waals surface area (Å²) in [5, 5.41) is 13.0. The van der Waals surface area contributed by atoms with Crippen LogP contribution in [0.4, 0.5) is 4.39 Å². The van der Waals surface area contributed by atoms with Gasteiger partial charge in [0.2, 0.25) is 0 Å². The number of halogens is 2. The average Bonchev–Trinajstić information content (AvgIpc) is 3.17. The van der Waals surface area contributed by atoms with Crippen LogP contribution in [0.15, 0.2) is 77.2 Å². The number of hydrogen-bond donors (Lipinski definition) is 2. The number of aliphatic carboxylic acids is 1. The quantitative estimate of drug-likeness (QED) is 0.428. The van der Waals surface area contributed by atoms with E-state index in [-0.39, 0.29) is 17.6 Å². The van der Waals surface area contributed by atoms with Crippen molar-refractivity contribution in [3.63, 3.8) is 0 Å². The van der Waals surface area contributed by atoms with Gasteiger partial charge in [0, 0.05) is 22.4 Å². The van der Waals surface area contributed by atoms with Crippen LogP contribution in [0.5, 0.6) is 0 Å². The molecule has 7 heteroatoms. The molecule has 3 aromatic carbocycles. The van der Waals surface area contributed by atoms with Gasteiger partial charge >= 0.3 is 5.97 Å². The molecule has 2 N–H and O–H groups in total. The van der Waals surface area contributed by atoms with Crippen molar-refractivity contribution in [1.29, 1.82) is 0 Å². The van der Waals surface area contributed by atoms with Gasteiger partial charge < -0.3 is 14.8 Å². The van der Waals surface area contributed by atoms with E-state index in [1.165, 1.54) is 6.07 Å². The number of benzene rings is 3. The molecule has 0 bridgehead atoms. The van der Waals surface area contributed by atoms with Gasteiger partial charge in [-0.25, -0.2) is 9.18 Å². The highest BCUT2D eigenvalue weighted by Gasteiger charge is 2.24. The monoisotopic (exact) mass is 437 g/mol. The molecular formula is C24H17ClFNO4. The summed E-state index contributed by atoms with van der Waals surface area (Å²) in [6, 6.07) is 18.5. The molecule has 1 amide bonds. The molecule has 1 atom stereocenters. The summed E-state index contributed by atoms with van der Waals surface area (Å²) in [7, 11) is 0. The zero-order valence-corrected chi connectivity index (χ0v) is 16.9. The van der Waals surface area contributed by atoms with E-state index < -0.39 is 23.7 Å². The number of carboxylic acids is 1. The minimum absolute atomic E-state index is 0.0745. The largest absolute Gasteiger partial charge is 0.480 e. The summed E-state index contributed by atoms with van der Waals surface area (Å²) in [6.45, 7) is 0. The molecule has 0 spiro atoms. The van der Waals surface area contributed by atoms with Crippen LogP contribution in [0.3, 0.4) is 0 Å². The van der Waals surface area contributed by atoms with Gasteiger partial charge in [0.15, 0.2) is 0 Å². The van der Waals surface area contributed by atoms with Crippen LogP contribution < -0.4 is 5.32 Å². The van der Waals surface area contributed by atoms with Crippen LogP contribution in [0, 0.1) is 5.82 Å². The Morgan fingerprint density at radius 3 is 2.42 bits per heavy atom. The number of carbonyl (C=O) groups excluding carboxylic acids is 1. The Bertz CT molecular complexity index is 1250. The average molecular weight is 438 g/mol. The number of amides is 1. The topological polar surface area (TPSA) is 79.5 Å². The van der Waals surface area contributed by atoms with E-state index in [9.17, 15) is 19.1 Å².